The van der Waals surface area contributed by atoms with Gasteiger partial charge in [0.25, 0.3) is 11.6 Å². The zero-order valence-corrected chi connectivity index (χ0v) is 15.1. The van der Waals surface area contributed by atoms with Crippen LogP contribution in [0.4, 0.5) is 5.69 Å². The molecule has 1 aromatic carbocycles. The Hall–Kier alpha value is -2.70. The van der Waals surface area contributed by atoms with Crippen LogP contribution in [-0.4, -0.2) is 16.4 Å². The molecule has 134 valence electrons. The van der Waals surface area contributed by atoms with E-state index in [1.165, 1.54) is 24.3 Å². The molecule has 0 radical (unpaired) electrons. The molecular weight excluding hydrogens is 322 g/mol. The summed E-state index contributed by atoms with van der Waals surface area (Å²) in [7, 11) is 0. The van der Waals surface area contributed by atoms with Crippen molar-refractivity contribution in [3.05, 3.63) is 45.5 Å². The number of hydrogen-bond donors (Lipinski definition) is 2. The Bertz CT molecular complexity index is 891. The lowest BCUT2D eigenvalue weighted by Gasteiger charge is -2.33. The lowest BCUT2D eigenvalue weighted by atomic mass is 9.81. The number of amides is 1. The van der Waals surface area contributed by atoms with Gasteiger partial charge < -0.3 is 9.73 Å². The second kappa shape index (κ2) is 6.31. The summed E-state index contributed by atoms with van der Waals surface area (Å²) < 4.78 is 5.35. The normalized spacial score (nSPS) is 12.2. The number of nitrogens with one attached hydrogen (secondary N) is 2. The van der Waals surface area contributed by atoms with Gasteiger partial charge in [-0.2, -0.15) is 0 Å². The highest BCUT2D eigenvalue weighted by atomic mass is 16.6. The lowest BCUT2D eigenvalue weighted by molar-refractivity contribution is -0.384. The van der Waals surface area contributed by atoms with Crippen LogP contribution < -0.4 is 10.9 Å². The number of carbonyl (C=O) groups is 1. The van der Waals surface area contributed by atoms with Gasteiger partial charge in [-0.25, -0.2) is 0 Å². The van der Waals surface area contributed by atoms with E-state index in [0.29, 0.717) is 11.0 Å². The number of rotatable bonds is 4. The minimum Gasteiger partial charge on any atom is -0.438 e. The first-order valence-corrected chi connectivity index (χ1v) is 7.97. The smallest absolute Gasteiger partial charge is 0.270 e. The molecule has 1 heterocycles. The van der Waals surface area contributed by atoms with Gasteiger partial charge in [0.15, 0.2) is 0 Å². The van der Waals surface area contributed by atoms with Crippen LogP contribution in [0.3, 0.4) is 0 Å². The van der Waals surface area contributed by atoms with Crippen molar-refractivity contribution in [1.82, 2.24) is 5.32 Å². The van der Waals surface area contributed by atoms with E-state index in [0.717, 1.165) is 6.42 Å². The average Bonchev–Trinajstić information content (AvgIpc) is 2.42. The van der Waals surface area contributed by atoms with Crippen molar-refractivity contribution < 1.29 is 14.1 Å². The molecule has 0 spiro atoms. The SMILES string of the molecule is CC(C)(C)CC(C)(C)NC(=O)c1cc2cc([N+](=O)[O-])ccc2oc1=N. The Morgan fingerprint density at radius 3 is 2.44 bits per heavy atom. The molecule has 0 aliphatic heterocycles. The van der Waals surface area contributed by atoms with Crippen LogP contribution in [0.25, 0.3) is 11.0 Å². The van der Waals surface area contributed by atoms with E-state index < -0.39 is 16.4 Å². The Morgan fingerprint density at radius 2 is 1.88 bits per heavy atom. The van der Waals surface area contributed by atoms with Gasteiger partial charge in [-0.1, -0.05) is 20.8 Å². The minimum atomic E-state index is -0.514. The van der Waals surface area contributed by atoms with Gasteiger partial charge in [0, 0.05) is 23.1 Å². The van der Waals surface area contributed by atoms with Gasteiger partial charge in [0.2, 0.25) is 5.55 Å². The molecule has 0 unspecified atom stereocenters. The first kappa shape index (κ1) is 18.6. The molecule has 1 aromatic heterocycles. The lowest BCUT2D eigenvalue weighted by Crippen LogP contribution is -2.46. The van der Waals surface area contributed by atoms with E-state index in [1.54, 1.807) is 0 Å². The number of benzene rings is 1. The predicted octanol–water partition coefficient (Wildman–Crippen LogP) is 3.77. The molecule has 0 saturated carbocycles. The summed E-state index contributed by atoms with van der Waals surface area (Å²) in [6.45, 7) is 10.1. The molecule has 7 heteroatoms. The van der Waals surface area contributed by atoms with Gasteiger partial charge in [-0.3, -0.25) is 20.3 Å². The maximum Gasteiger partial charge on any atom is 0.270 e. The Balaban J connectivity index is 2.39. The van der Waals surface area contributed by atoms with Crippen molar-refractivity contribution >= 4 is 22.6 Å². The Morgan fingerprint density at radius 1 is 1.24 bits per heavy atom. The van der Waals surface area contributed by atoms with Crippen LogP contribution in [0.1, 0.15) is 51.4 Å². The summed E-state index contributed by atoms with van der Waals surface area (Å²) in [4.78, 5) is 23.0. The maximum absolute atomic E-state index is 12.6. The molecule has 2 aromatic rings. The molecule has 1 amide bonds. The first-order valence-electron chi connectivity index (χ1n) is 7.97. The fraction of sp³-hybridized carbons (Fsp3) is 0.444. The molecule has 0 bridgehead atoms. The zero-order valence-electron chi connectivity index (χ0n) is 15.1. The third-order valence-corrected chi connectivity index (χ3v) is 3.63. The highest BCUT2D eigenvalue weighted by molar-refractivity contribution is 5.97. The van der Waals surface area contributed by atoms with Crippen LogP contribution in [-0.2, 0) is 0 Å². The van der Waals surface area contributed by atoms with Crippen molar-refractivity contribution in [1.29, 1.82) is 5.41 Å². The van der Waals surface area contributed by atoms with E-state index in [-0.39, 0.29) is 22.2 Å². The second-order valence-electron chi connectivity index (χ2n) is 8.04. The zero-order chi connectivity index (χ0) is 19.0. The molecule has 0 atom stereocenters. The van der Waals surface area contributed by atoms with Crippen molar-refractivity contribution in [2.75, 3.05) is 0 Å². The Labute approximate surface area is 145 Å². The molecule has 7 nitrogen and oxygen atoms in total. The summed E-state index contributed by atoms with van der Waals surface area (Å²) in [5.41, 5.74) is -0.449. The van der Waals surface area contributed by atoms with E-state index in [1.807, 2.05) is 13.8 Å². The van der Waals surface area contributed by atoms with Crippen molar-refractivity contribution in [3.8, 4) is 0 Å². The summed E-state index contributed by atoms with van der Waals surface area (Å²) >= 11 is 0. The number of hydrogen-bond acceptors (Lipinski definition) is 5. The number of carbonyl (C=O) groups excluding carboxylic acids is 1. The van der Waals surface area contributed by atoms with E-state index in [4.69, 9.17) is 9.83 Å². The molecule has 25 heavy (non-hydrogen) atoms. The van der Waals surface area contributed by atoms with Crippen LogP contribution in [0.2, 0.25) is 0 Å². The summed E-state index contributed by atoms with van der Waals surface area (Å²) in [6.07, 6.45) is 0.745. The highest BCUT2D eigenvalue weighted by Gasteiger charge is 2.28. The first-order chi connectivity index (χ1) is 11.4. The van der Waals surface area contributed by atoms with E-state index in [2.05, 4.69) is 26.1 Å². The number of nitrogens with zero attached hydrogens (tertiary/aromatic N) is 1. The van der Waals surface area contributed by atoms with Crippen LogP contribution in [0.15, 0.2) is 28.7 Å². The van der Waals surface area contributed by atoms with Crippen molar-refractivity contribution in [3.63, 3.8) is 0 Å². The predicted molar refractivity (Wildman–Crippen MR) is 94.3 cm³/mol. The van der Waals surface area contributed by atoms with Gasteiger partial charge in [0.05, 0.1) is 4.92 Å². The quantitative estimate of drug-likeness (QED) is 0.649. The average molecular weight is 345 g/mol. The summed E-state index contributed by atoms with van der Waals surface area (Å²) in [5.74, 6) is -0.434. The van der Waals surface area contributed by atoms with Gasteiger partial charge >= 0.3 is 0 Å². The van der Waals surface area contributed by atoms with Gasteiger partial charge in [-0.05, 0) is 37.8 Å². The topological polar surface area (TPSA) is 109 Å². The standard InChI is InChI=1S/C18H23N3O4/c1-17(2,3)10-18(4,5)20-16(22)13-9-11-8-12(21(23)24)6-7-14(11)25-15(13)19/h6-9,19H,10H2,1-5H3,(H,20,22). The monoisotopic (exact) mass is 345 g/mol. The van der Waals surface area contributed by atoms with Crippen molar-refractivity contribution in [2.24, 2.45) is 5.41 Å². The summed E-state index contributed by atoms with van der Waals surface area (Å²) in [6, 6.07) is 5.51. The van der Waals surface area contributed by atoms with E-state index in [9.17, 15) is 14.9 Å². The summed E-state index contributed by atoms with van der Waals surface area (Å²) in [5, 5.41) is 22.2. The molecular formula is C18H23N3O4. The van der Waals surface area contributed by atoms with Gasteiger partial charge in [0.1, 0.15) is 11.1 Å². The maximum atomic E-state index is 12.6. The molecule has 0 saturated heterocycles. The van der Waals surface area contributed by atoms with Gasteiger partial charge in [-0.15, -0.1) is 0 Å². The highest BCUT2D eigenvalue weighted by Crippen LogP contribution is 2.27. The second-order valence-corrected chi connectivity index (χ2v) is 8.04. The molecule has 0 aliphatic rings. The van der Waals surface area contributed by atoms with Crippen LogP contribution in [0.5, 0.6) is 0 Å². The largest absolute Gasteiger partial charge is 0.438 e. The molecule has 0 fully saturated rings. The fourth-order valence-corrected chi connectivity index (χ4v) is 3.15. The molecule has 0 aliphatic carbocycles. The number of nitro benzene ring substituents is 1. The van der Waals surface area contributed by atoms with Crippen LogP contribution in [0, 0.1) is 20.9 Å². The van der Waals surface area contributed by atoms with Crippen LogP contribution >= 0.6 is 0 Å². The number of nitro groups is 1. The third-order valence-electron chi connectivity index (χ3n) is 3.63. The molecule has 2 N–H and O–H groups in total. The molecule has 2 rings (SSSR count). The number of fused-ring (bicyclic) bond motifs is 1. The Kier molecular flexibility index (Phi) is 4.70. The third kappa shape index (κ3) is 4.65. The fourth-order valence-electron chi connectivity index (χ4n) is 3.15. The van der Waals surface area contributed by atoms with Crippen molar-refractivity contribution in [2.45, 2.75) is 46.6 Å². The van der Waals surface area contributed by atoms with E-state index >= 15 is 0 Å². The number of non-ortho nitro benzene ring substituents is 1. The minimum absolute atomic E-state index is 0.0228.